The van der Waals surface area contributed by atoms with Crippen LogP contribution in [0.15, 0.2) is 36.4 Å². The minimum Gasteiger partial charge on any atom is -0.483 e. The Morgan fingerprint density at radius 3 is 2.79 bits per heavy atom. The van der Waals surface area contributed by atoms with Gasteiger partial charge in [-0.1, -0.05) is 17.7 Å². The van der Waals surface area contributed by atoms with Crippen LogP contribution in [0.25, 0.3) is 0 Å². The van der Waals surface area contributed by atoms with Gasteiger partial charge in [0.05, 0.1) is 0 Å². The summed E-state index contributed by atoms with van der Waals surface area (Å²) in [4.78, 5) is 14.5. The third kappa shape index (κ3) is 3.28. The van der Waals surface area contributed by atoms with Crippen molar-refractivity contribution < 1.29 is 13.9 Å². The number of nitrogens with zero attached hydrogens (tertiary/aromatic N) is 1. The maximum atomic E-state index is 13.4. The number of carbonyl (C=O) groups excluding carboxylic acids is 1. The van der Waals surface area contributed by atoms with Crippen molar-refractivity contribution in [3.63, 3.8) is 0 Å². The maximum Gasteiger partial charge on any atom is 0.265 e. The standard InChI is InChI=1S/C20H22FNO2/c1-13-4-9-19(14(2)10-13)24-12-20(23)22-15(3)5-6-16-11-17(21)7-8-18(16)22/h4,7-11,15H,5-6,12H2,1-3H3/t15-/m0/s1. The molecule has 3 rings (SSSR count). The van der Waals surface area contributed by atoms with Crippen LogP contribution in [0.1, 0.15) is 30.0 Å². The zero-order valence-electron chi connectivity index (χ0n) is 14.3. The summed E-state index contributed by atoms with van der Waals surface area (Å²) in [7, 11) is 0. The summed E-state index contributed by atoms with van der Waals surface area (Å²) in [5.74, 6) is 0.357. The topological polar surface area (TPSA) is 29.5 Å². The van der Waals surface area contributed by atoms with Gasteiger partial charge in [-0.2, -0.15) is 0 Å². The molecule has 0 saturated heterocycles. The summed E-state index contributed by atoms with van der Waals surface area (Å²) in [5.41, 5.74) is 3.85. The summed E-state index contributed by atoms with van der Waals surface area (Å²) in [6.07, 6.45) is 1.61. The van der Waals surface area contributed by atoms with Crippen LogP contribution < -0.4 is 9.64 Å². The lowest BCUT2D eigenvalue weighted by molar-refractivity contribution is -0.121. The van der Waals surface area contributed by atoms with Gasteiger partial charge in [0.15, 0.2) is 6.61 Å². The highest BCUT2D eigenvalue weighted by atomic mass is 19.1. The summed E-state index contributed by atoms with van der Waals surface area (Å²) >= 11 is 0. The molecule has 24 heavy (non-hydrogen) atoms. The number of carbonyl (C=O) groups is 1. The third-order valence-corrected chi connectivity index (χ3v) is 4.52. The van der Waals surface area contributed by atoms with Crippen LogP contribution in [0.2, 0.25) is 0 Å². The average Bonchev–Trinajstić information content (AvgIpc) is 2.54. The lowest BCUT2D eigenvalue weighted by Crippen LogP contribution is -2.44. The third-order valence-electron chi connectivity index (χ3n) is 4.52. The second-order valence-electron chi connectivity index (χ2n) is 6.48. The molecule has 1 amide bonds. The Labute approximate surface area is 142 Å². The number of ether oxygens (including phenoxy) is 1. The Balaban J connectivity index is 1.77. The first-order valence-electron chi connectivity index (χ1n) is 8.26. The quantitative estimate of drug-likeness (QED) is 0.846. The first-order valence-corrected chi connectivity index (χ1v) is 8.26. The summed E-state index contributed by atoms with van der Waals surface area (Å²) in [5, 5.41) is 0. The summed E-state index contributed by atoms with van der Waals surface area (Å²) in [6.45, 7) is 5.98. The van der Waals surface area contributed by atoms with Crippen molar-refractivity contribution in [1.82, 2.24) is 0 Å². The molecule has 2 aromatic rings. The van der Waals surface area contributed by atoms with Gasteiger partial charge in [-0.25, -0.2) is 4.39 Å². The van der Waals surface area contributed by atoms with Gasteiger partial charge in [0.1, 0.15) is 11.6 Å². The van der Waals surface area contributed by atoms with E-state index in [1.165, 1.54) is 12.1 Å². The zero-order valence-corrected chi connectivity index (χ0v) is 14.3. The molecule has 0 aliphatic carbocycles. The number of aryl methyl sites for hydroxylation is 3. The highest BCUT2D eigenvalue weighted by molar-refractivity contribution is 5.96. The molecule has 3 nitrogen and oxygen atoms in total. The van der Waals surface area contributed by atoms with Gasteiger partial charge in [0.25, 0.3) is 5.91 Å². The Morgan fingerprint density at radius 1 is 1.25 bits per heavy atom. The molecule has 1 heterocycles. The fourth-order valence-electron chi connectivity index (χ4n) is 3.27. The van der Waals surface area contributed by atoms with E-state index in [0.29, 0.717) is 0 Å². The maximum absolute atomic E-state index is 13.4. The minimum atomic E-state index is -0.262. The molecule has 126 valence electrons. The molecule has 0 fully saturated rings. The minimum absolute atomic E-state index is 0.0228. The molecular formula is C20H22FNO2. The fourth-order valence-corrected chi connectivity index (χ4v) is 3.27. The molecule has 2 aromatic carbocycles. The van der Waals surface area contributed by atoms with Crippen LogP contribution in [0.5, 0.6) is 5.75 Å². The van der Waals surface area contributed by atoms with E-state index in [-0.39, 0.29) is 24.4 Å². The molecule has 1 aliphatic rings. The van der Waals surface area contributed by atoms with Gasteiger partial charge in [-0.05, 0) is 69.0 Å². The van der Waals surface area contributed by atoms with Gasteiger partial charge in [0, 0.05) is 11.7 Å². The lowest BCUT2D eigenvalue weighted by Gasteiger charge is -2.35. The molecular weight excluding hydrogens is 305 g/mol. The number of rotatable bonds is 3. The Morgan fingerprint density at radius 2 is 2.04 bits per heavy atom. The fraction of sp³-hybridized carbons (Fsp3) is 0.350. The molecule has 0 saturated carbocycles. The van der Waals surface area contributed by atoms with Gasteiger partial charge in [0.2, 0.25) is 0 Å². The SMILES string of the molecule is Cc1ccc(OCC(=O)N2c3ccc(F)cc3CC[C@@H]2C)c(C)c1. The molecule has 0 radical (unpaired) electrons. The monoisotopic (exact) mass is 327 g/mol. The van der Waals surface area contributed by atoms with Gasteiger partial charge in [-0.15, -0.1) is 0 Å². The number of benzene rings is 2. The predicted octanol–water partition coefficient (Wildman–Crippen LogP) is 4.19. The van der Waals surface area contributed by atoms with Crippen molar-refractivity contribution in [2.45, 2.75) is 39.7 Å². The smallest absolute Gasteiger partial charge is 0.265 e. The van der Waals surface area contributed by atoms with E-state index in [2.05, 4.69) is 0 Å². The summed E-state index contributed by atoms with van der Waals surface area (Å²) in [6, 6.07) is 10.6. The lowest BCUT2D eigenvalue weighted by atomic mass is 9.96. The largest absolute Gasteiger partial charge is 0.483 e. The Hall–Kier alpha value is -2.36. The van der Waals surface area contributed by atoms with Crippen LogP contribution in [0, 0.1) is 19.7 Å². The van der Waals surface area contributed by atoms with Crippen LogP contribution in [-0.4, -0.2) is 18.6 Å². The second kappa shape index (κ2) is 6.63. The van der Waals surface area contributed by atoms with E-state index in [9.17, 15) is 9.18 Å². The number of hydrogen-bond acceptors (Lipinski definition) is 2. The first-order chi connectivity index (χ1) is 11.5. The van der Waals surface area contributed by atoms with E-state index in [1.54, 1.807) is 11.0 Å². The van der Waals surface area contributed by atoms with Gasteiger partial charge in [-0.3, -0.25) is 4.79 Å². The van der Waals surface area contributed by atoms with Crippen LogP contribution in [-0.2, 0) is 11.2 Å². The Bertz CT molecular complexity index is 772. The first kappa shape index (κ1) is 16.5. The molecule has 4 heteroatoms. The van der Waals surface area contributed by atoms with Crippen molar-refractivity contribution in [2.75, 3.05) is 11.5 Å². The van der Waals surface area contributed by atoms with Crippen molar-refractivity contribution in [3.05, 3.63) is 58.9 Å². The van der Waals surface area contributed by atoms with E-state index in [0.717, 1.165) is 41.0 Å². The zero-order chi connectivity index (χ0) is 17.3. The normalized spacial score (nSPS) is 16.7. The number of halogens is 1. The highest BCUT2D eigenvalue weighted by Gasteiger charge is 2.28. The number of fused-ring (bicyclic) bond motifs is 1. The van der Waals surface area contributed by atoms with Crippen molar-refractivity contribution >= 4 is 11.6 Å². The van der Waals surface area contributed by atoms with Crippen LogP contribution in [0.3, 0.4) is 0 Å². The van der Waals surface area contributed by atoms with E-state index < -0.39 is 0 Å². The highest BCUT2D eigenvalue weighted by Crippen LogP contribution is 2.31. The predicted molar refractivity (Wildman–Crippen MR) is 93.1 cm³/mol. The van der Waals surface area contributed by atoms with Crippen molar-refractivity contribution in [3.8, 4) is 5.75 Å². The van der Waals surface area contributed by atoms with Crippen LogP contribution >= 0.6 is 0 Å². The molecule has 0 aromatic heterocycles. The van der Waals surface area contributed by atoms with E-state index in [4.69, 9.17) is 4.74 Å². The Kier molecular flexibility index (Phi) is 4.56. The van der Waals surface area contributed by atoms with Crippen LogP contribution in [0.4, 0.5) is 10.1 Å². The van der Waals surface area contributed by atoms with Gasteiger partial charge < -0.3 is 9.64 Å². The molecule has 0 spiro atoms. The molecule has 0 unspecified atom stereocenters. The molecule has 0 N–H and O–H groups in total. The van der Waals surface area contributed by atoms with Crippen molar-refractivity contribution in [2.24, 2.45) is 0 Å². The van der Waals surface area contributed by atoms with Gasteiger partial charge >= 0.3 is 0 Å². The van der Waals surface area contributed by atoms with Crippen molar-refractivity contribution in [1.29, 1.82) is 0 Å². The molecule has 0 bridgehead atoms. The number of amides is 1. The summed E-state index contributed by atoms with van der Waals surface area (Å²) < 4.78 is 19.2. The van der Waals surface area contributed by atoms with E-state index in [1.807, 2.05) is 39.0 Å². The molecule has 1 atom stereocenters. The molecule has 1 aliphatic heterocycles. The average molecular weight is 327 g/mol. The second-order valence-corrected chi connectivity index (χ2v) is 6.48. The number of anilines is 1. The number of hydrogen-bond donors (Lipinski definition) is 0. The van der Waals surface area contributed by atoms with E-state index >= 15 is 0 Å².